The predicted molar refractivity (Wildman–Crippen MR) is 63.8 cm³/mol. The van der Waals surface area contributed by atoms with Gasteiger partial charge in [0.25, 0.3) is 0 Å². The first kappa shape index (κ1) is 14.6. The average molecular weight is 270 g/mol. The fourth-order valence-corrected chi connectivity index (χ4v) is 1.07. The minimum atomic E-state index is -1.20. The van der Waals surface area contributed by atoms with Gasteiger partial charge in [-0.15, -0.1) is 0 Å². The highest BCUT2D eigenvalue weighted by molar-refractivity contribution is 5.82. The summed E-state index contributed by atoms with van der Waals surface area (Å²) in [6.45, 7) is 4.49. The molecule has 0 unspecified atom stereocenters. The molecule has 2 N–H and O–H groups in total. The minimum Gasteiger partial charge on any atom is -0.480 e. The zero-order valence-corrected chi connectivity index (χ0v) is 10.7. The van der Waals surface area contributed by atoms with Gasteiger partial charge < -0.3 is 9.84 Å². The van der Waals surface area contributed by atoms with Crippen molar-refractivity contribution in [3.63, 3.8) is 0 Å². The quantitative estimate of drug-likeness (QED) is 0.796. The summed E-state index contributed by atoms with van der Waals surface area (Å²) in [5.74, 6) is -1.44. The Balaban J connectivity index is 2.76. The second-order valence-electron chi connectivity index (χ2n) is 4.61. The third-order valence-electron chi connectivity index (χ3n) is 1.69. The molecular formula is C10H14N4O5. The highest BCUT2D eigenvalue weighted by Gasteiger charge is 2.17. The van der Waals surface area contributed by atoms with Crippen molar-refractivity contribution in [1.29, 1.82) is 0 Å². The molecule has 0 radical (unpaired) electrons. The van der Waals surface area contributed by atoms with Crippen LogP contribution in [0.1, 0.15) is 20.8 Å². The van der Waals surface area contributed by atoms with Crippen molar-refractivity contribution in [2.24, 2.45) is 0 Å². The number of carbonyl (C=O) groups is 2. The highest BCUT2D eigenvalue weighted by Crippen LogP contribution is 2.08. The molecule has 1 heterocycles. The Hall–Kier alpha value is -2.45. The van der Waals surface area contributed by atoms with Gasteiger partial charge in [-0.05, 0) is 20.8 Å². The van der Waals surface area contributed by atoms with Crippen molar-refractivity contribution in [1.82, 2.24) is 14.5 Å². The first-order chi connectivity index (χ1) is 8.67. The molecule has 0 spiro atoms. The summed E-state index contributed by atoms with van der Waals surface area (Å²) in [7, 11) is 0. The van der Waals surface area contributed by atoms with E-state index in [0.29, 0.717) is 0 Å². The Morgan fingerprint density at radius 3 is 2.58 bits per heavy atom. The molecule has 0 saturated heterocycles. The van der Waals surface area contributed by atoms with E-state index in [-0.39, 0.29) is 5.95 Å². The van der Waals surface area contributed by atoms with Gasteiger partial charge in [0.15, 0.2) is 0 Å². The molecule has 0 aliphatic heterocycles. The molecule has 9 nitrogen and oxygen atoms in total. The SMILES string of the molecule is CC(C)(C)OC(=O)Nc1ncn(CC(=O)O)c(=O)n1. The molecule has 0 aliphatic carbocycles. The minimum absolute atomic E-state index is 0.249. The highest BCUT2D eigenvalue weighted by atomic mass is 16.6. The van der Waals surface area contributed by atoms with E-state index in [0.717, 1.165) is 10.9 Å². The monoisotopic (exact) mass is 270 g/mol. The van der Waals surface area contributed by atoms with E-state index >= 15 is 0 Å². The maximum Gasteiger partial charge on any atom is 0.414 e. The molecule has 0 aromatic carbocycles. The smallest absolute Gasteiger partial charge is 0.414 e. The molecule has 0 atom stereocenters. The molecule has 1 aromatic heterocycles. The number of hydrogen-bond donors (Lipinski definition) is 2. The molecule has 9 heteroatoms. The lowest BCUT2D eigenvalue weighted by Crippen LogP contribution is -2.31. The van der Waals surface area contributed by atoms with Gasteiger partial charge in [-0.2, -0.15) is 4.98 Å². The Bertz CT molecular complexity index is 546. The maximum atomic E-state index is 11.4. The van der Waals surface area contributed by atoms with Crippen molar-refractivity contribution in [2.75, 3.05) is 5.32 Å². The summed E-state index contributed by atoms with van der Waals surface area (Å²) in [6.07, 6.45) is 0.179. The van der Waals surface area contributed by atoms with Gasteiger partial charge in [0.2, 0.25) is 5.95 Å². The normalized spacial score (nSPS) is 10.9. The van der Waals surface area contributed by atoms with E-state index in [2.05, 4.69) is 15.3 Å². The van der Waals surface area contributed by atoms with Crippen molar-refractivity contribution in [3.8, 4) is 0 Å². The zero-order chi connectivity index (χ0) is 14.6. The van der Waals surface area contributed by atoms with Crippen molar-refractivity contribution >= 4 is 18.0 Å². The third kappa shape index (κ3) is 5.15. The van der Waals surface area contributed by atoms with E-state index in [1.807, 2.05) is 0 Å². The third-order valence-corrected chi connectivity index (χ3v) is 1.69. The number of ether oxygens (including phenoxy) is 1. The van der Waals surface area contributed by atoms with Crippen LogP contribution in [0.15, 0.2) is 11.1 Å². The van der Waals surface area contributed by atoms with Crippen molar-refractivity contribution in [2.45, 2.75) is 32.9 Å². The lowest BCUT2D eigenvalue weighted by Gasteiger charge is -2.19. The topological polar surface area (TPSA) is 123 Å². The van der Waals surface area contributed by atoms with Crippen LogP contribution in [0, 0.1) is 0 Å². The van der Waals surface area contributed by atoms with Crippen LogP contribution in [-0.4, -0.2) is 37.3 Å². The number of rotatable bonds is 3. The van der Waals surface area contributed by atoms with Gasteiger partial charge in [0.05, 0.1) is 0 Å². The number of amides is 1. The molecule has 104 valence electrons. The van der Waals surface area contributed by atoms with Gasteiger partial charge in [0, 0.05) is 0 Å². The summed E-state index contributed by atoms with van der Waals surface area (Å²) in [4.78, 5) is 40.3. The number of hydrogen-bond acceptors (Lipinski definition) is 6. The van der Waals surface area contributed by atoms with Crippen LogP contribution in [-0.2, 0) is 16.1 Å². The first-order valence-corrected chi connectivity index (χ1v) is 5.32. The molecular weight excluding hydrogens is 256 g/mol. The first-order valence-electron chi connectivity index (χ1n) is 5.32. The number of nitrogens with one attached hydrogen (secondary N) is 1. The number of aromatic nitrogens is 3. The van der Waals surface area contributed by atoms with Crippen LogP contribution in [0.3, 0.4) is 0 Å². The van der Waals surface area contributed by atoms with Gasteiger partial charge in [0.1, 0.15) is 18.5 Å². The second-order valence-corrected chi connectivity index (χ2v) is 4.61. The summed E-state index contributed by atoms with van der Waals surface area (Å²) < 4.78 is 5.74. The van der Waals surface area contributed by atoms with Crippen LogP contribution in [0.25, 0.3) is 0 Å². The number of aliphatic carboxylic acids is 1. The lowest BCUT2D eigenvalue weighted by atomic mass is 10.2. The molecule has 0 fully saturated rings. The Kier molecular flexibility index (Phi) is 4.20. The standard InChI is InChI=1S/C10H14N4O5/c1-10(2,3)19-9(18)13-7-11-5-14(4-6(15)16)8(17)12-7/h5H,4H2,1-3H3,(H,15,16)(H,12,13,17,18). The van der Waals surface area contributed by atoms with Gasteiger partial charge in [-0.1, -0.05) is 0 Å². The Morgan fingerprint density at radius 2 is 2.11 bits per heavy atom. The maximum absolute atomic E-state index is 11.4. The van der Waals surface area contributed by atoms with Crippen molar-refractivity contribution in [3.05, 3.63) is 16.8 Å². The Labute approximate surface area is 108 Å². The fourth-order valence-electron chi connectivity index (χ4n) is 1.07. The zero-order valence-electron chi connectivity index (χ0n) is 10.7. The van der Waals surface area contributed by atoms with E-state index in [9.17, 15) is 14.4 Å². The number of nitrogens with zero attached hydrogens (tertiary/aromatic N) is 3. The number of carboxylic acids is 1. The van der Waals surface area contributed by atoms with Crippen LogP contribution < -0.4 is 11.0 Å². The number of carbonyl (C=O) groups excluding carboxylic acids is 1. The van der Waals surface area contributed by atoms with Gasteiger partial charge in [-0.3, -0.25) is 14.7 Å². The molecule has 0 saturated carbocycles. The summed E-state index contributed by atoms with van der Waals surface area (Å²) in [5, 5.41) is 10.7. The molecule has 0 aliphatic rings. The average Bonchev–Trinajstić information content (AvgIpc) is 2.18. The van der Waals surface area contributed by atoms with Crippen molar-refractivity contribution < 1.29 is 19.4 Å². The summed E-state index contributed by atoms with van der Waals surface area (Å²) in [6, 6.07) is 0. The summed E-state index contributed by atoms with van der Waals surface area (Å²) in [5.41, 5.74) is -1.52. The molecule has 1 amide bonds. The molecule has 19 heavy (non-hydrogen) atoms. The van der Waals surface area contributed by atoms with Crippen LogP contribution in [0.5, 0.6) is 0 Å². The number of carboxylic acid groups (broad SMARTS) is 1. The second kappa shape index (κ2) is 5.46. The fraction of sp³-hybridized carbons (Fsp3) is 0.500. The van der Waals surface area contributed by atoms with Crippen LogP contribution >= 0.6 is 0 Å². The van der Waals surface area contributed by atoms with Gasteiger partial charge >= 0.3 is 17.8 Å². The van der Waals surface area contributed by atoms with Crippen LogP contribution in [0.2, 0.25) is 0 Å². The van der Waals surface area contributed by atoms with Gasteiger partial charge in [-0.25, -0.2) is 14.6 Å². The summed E-state index contributed by atoms with van der Waals surface area (Å²) >= 11 is 0. The van der Waals surface area contributed by atoms with Crippen LogP contribution in [0.4, 0.5) is 10.7 Å². The van der Waals surface area contributed by atoms with E-state index < -0.39 is 29.9 Å². The van der Waals surface area contributed by atoms with E-state index in [1.54, 1.807) is 20.8 Å². The van der Waals surface area contributed by atoms with E-state index in [4.69, 9.17) is 9.84 Å². The van der Waals surface area contributed by atoms with E-state index in [1.165, 1.54) is 0 Å². The lowest BCUT2D eigenvalue weighted by molar-refractivity contribution is -0.137. The molecule has 0 bridgehead atoms. The number of anilines is 1. The largest absolute Gasteiger partial charge is 0.480 e. The Morgan fingerprint density at radius 1 is 1.47 bits per heavy atom. The molecule has 1 rings (SSSR count). The molecule has 1 aromatic rings. The predicted octanol–water partition coefficient (Wildman–Crippen LogP) is 0.0699.